The third-order valence-corrected chi connectivity index (χ3v) is 8.18. The number of carbonyl (C=O) groups is 3. The average Bonchev–Trinajstić information content (AvgIpc) is 2.84. The standard InChI is InChI=1S/C22H25FO4/c1-13-10-17-16-5-4-14-11-15(25)6-7-19(14,2)21(16,23)9-8-20(17,3)22(13,27)18(26)12-24/h6-9,11-13,16-17,27H,4-5,10H2,1-3H3/t13-,16+,17+,19+,20+,21-,22+/m1/s1. The first-order chi connectivity index (χ1) is 12.5. The monoisotopic (exact) mass is 372 g/mol. The fourth-order valence-electron chi connectivity index (χ4n) is 6.46. The summed E-state index contributed by atoms with van der Waals surface area (Å²) in [6, 6.07) is 0. The number of Topliss-reactive ketones (excluding diaryl/α,β-unsaturated/α-hetero) is 1. The van der Waals surface area contributed by atoms with Crippen molar-refractivity contribution in [2.75, 3.05) is 0 Å². The van der Waals surface area contributed by atoms with Crippen molar-refractivity contribution in [1.82, 2.24) is 0 Å². The van der Waals surface area contributed by atoms with E-state index in [-0.39, 0.29) is 18.0 Å². The Morgan fingerprint density at radius 1 is 1.26 bits per heavy atom. The maximum absolute atomic E-state index is 16.6. The molecule has 1 N–H and O–H groups in total. The highest BCUT2D eigenvalue weighted by Crippen LogP contribution is 2.68. The van der Waals surface area contributed by atoms with Crippen molar-refractivity contribution >= 4 is 17.9 Å². The lowest BCUT2D eigenvalue weighted by Crippen LogP contribution is -2.61. The number of fused-ring (bicyclic) bond motifs is 5. The molecule has 0 aromatic heterocycles. The van der Waals surface area contributed by atoms with Gasteiger partial charge in [0, 0.05) is 16.7 Å². The molecular weight excluding hydrogens is 347 g/mol. The van der Waals surface area contributed by atoms with Gasteiger partial charge in [0.25, 0.3) is 0 Å². The number of hydrogen-bond donors (Lipinski definition) is 1. The number of carbonyl (C=O) groups excluding carboxylic acids is 3. The van der Waals surface area contributed by atoms with Gasteiger partial charge >= 0.3 is 0 Å². The van der Waals surface area contributed by atoms with Crippen molar-refractivity contribution in [2.45, 2.75) is 51.3 Å². The molecule has 4 nitrogen and oxygen atoms in total. The zero-order chi connectivity index (χ0) is 19.8. The van der Waals surface area contributed by atoms with Gasteiger partial charge in [-0.1, -0.05) is 31.6 Å². The molecule has 5 heteroatoms. The molecule has 0 unspecified atom stereocenters. The first-order valence-electron chi connectivity index (χ1n) is 9.60. The lowest BCUT2D eigenvalue weighted by molar-refractivity contribution is -0.158. The molecule has 4 aliphatic rings. The Morgan fingerprint density at radius 2 is 1.96 bits per heavy atom. The minimum atomic E-state index is -1.81. The Labute approximate surface area is 158 Å². The van der Waals surface area contributed by atoms with Gasteiger partial charge < -0.3 is 5.11 Å². The van der Waals surface area contributed by atoms with Gasteiger partial charge in [0.15, 0.2) is 12.1 Å². The maximum Gasteiger partial charge on any atom is 0.227 e. The molecule has 0 aromatic carbocycles. The lowest BCUT2D eigenvalue weighted by Gasteiger charge is -2.57. The van der Waals surface area contributed by atoms with E-state index in [1.165, 1.54) is 12.2 Å². The Hall–Kier alpha value is -1.88. The second kappa shape index (κ2) is 5.34. The van der Waals surface area contributed by atoms with Crippen LogP contribution in [-0.4, -0.2) is 34.2 Å². The van der Waals surface area contributed by atoms with Gasteiger partial charge in [-0.15, -0.1) is 0 Å². The normalized spacial score (nSPS) is 50.5. The Kier molecular flexibility index (Phi) is 3.66. The number of allylic oxidation sites excluding steroid dienone is 5. The van der Waals surface area contributed by atoms with E-state index in [9.17, 15) is 19.5 Å². The van der Waals surface area contributed by atoms with Gasteiger partial charge in [0.1, 0.15) is 11.3 Å². The van der Waals surface area contributed by atoms with E-state index in [1.807, 2.05) is 6.92 Å². The minimum Gasteiger partial charge on any atom is -0.380 e. The predicted molar refractivity (Wildman–Crippen MR) is 97.4 cm³/mol. The highest BCUT2D eigenvalue weighted by atomic mass is 19.1. The van der Waals surface area contributed by atoms with Crippen LogP contribution in [0, 0.1) is 28.6 Å². The zero-order valence-corrected chi connectivity index (χ0v) is 15.9. The number of rotatable bonds is 2. The van der Waals surface area contributed by atoms with Crippen molar-refractivity contribution < 1.29 is 23.9 Å². The number of halogens is 1. The van der Waals surface area contributed by atoms with E-state index in [2.05, 4.69) is 0 Å². The Morgan fingerprint density at radius 3 is 2.63 bits per heavy atom. The maximum atomic E-state index is 16.6. The van der Waals surface area contributed by atoms with E-state index >= 15 is 4.39 Å². The lowest BCUT2D eigenvalue weighted by atomic mass is 9.48. The molecule has 0 radical (unpaired) electrons. The van der Waals surface area contributed by atoms with Gasteiger partial charge in [-0.3, -0.25) is 14.4 Å². The first-order valence-corrected chi connectivity index (χ1v) is 9.60. The smallest absolute Gasteiger partial charge is 0.227 e. The topological polar surface area (TPSA) is 71.4 Å². The second-order valence-electron chi connectivity index (χ2n) is 9.13. The number of hydrogen-bond acceptors (Lipinski definition) is 4. The molecule has 4 rings (SSSR count). The Balaban J connectivity index is 1.87. The molecule has 0 saturated heterocycles. The van der Waals surface area contributed by atoms with Gasteiger partial charge in [-0.25, -0.2) is 4.39 Å². The molecule has 2 saturated carbocycles. The third kappa shape index (κ3) is 1.93. The van der Waals surface area contributed by atoms with E-state index in [1.54, 1.807) is 32.1 Å². The molecule has 4 aliphatic carbocycles. The van der Waals surface area contributed by atoms with Crippen LogP contribution in [0.3, 0.4) is 0 Å². The molecule has 144 valence electrons. The van der Waals surface area contributed by atoms with Crippen LogP contribution in [0.1, 0.15) is 40.0 Å². The van der Waals surface area contributed by atoms with Crippen molar-refractivity contribution in [3.05, 3.63) is 36.0 Å². The molecule has 27 heavy (non-hydrogen) atoms. The van der Waals surface area contributed by atoms with E-state index in [4.69, 9.17) is 0 Å². The van der Waals surface area contributed by atoms with E-state index < -0.39 is 39.7 Å². The summed E-state index contributed by atoms with van der Waals surface area (Å²) in [7, 11) is 0. The second-order valence-corrected chi connectivity index (χ2v) is 9.13. The summed E-state index contributed by atoms with van der Waals surface area (Å²) in [4.78, 5) is 35.4. The molecule has 2 fully saturated rings. The van der Waals surface area contributed by atoms with Gasteiger partial charge in [0.2, 0.25) is 5.78 Å². The van der Waals surface area contributed by atoms with Crippen molar-refractivity contribution in [1.29, 1.82) is 0 Å². The molecule has 0 bridgehead atoms. The highest BCUT2D eigenvalue weighted by Gasteiger charge is 2.71. The average molecular weight is 372 g/mol. The van der Waals surface area contributed by atoms with Crippen LogP contribution >= 0.6 is 0 Å². The SMILES string of the molecule is C[C@@H]1C[C@H]2[C@@H]3CCC4=CC(=O)C=C[C@]4(C)[C@@]3(F)C=C[C@]2(C)[C@@]1(O)C(=O)C=O. The fraction of sp³-hybridized carbons (Fsp3) is 0.591. The summed E-state index contributed by atoms with van der Waals surface area (Å²) in [5, 5.41) is 11.3. The summed E-state index contributed by atoms with van der Waals surface area (Å²) in [6.07, 6.45) is 9.57. The molecule has 7 atom stereocenters. The van der Waals surface area contributed by atoms with Gasteiger partial charge in [-0.2, -0.15) is 0 Å². The summed E-state index contributed by atoms with van der Waals surface area (Å²) < 4.78 is 16.6. The summed E-state index contributed by atoms with van der Waals surface area (Å²) in [5.74, 6) is -2.05. The van der Waals surface area contributed by atoms with Crippen molar-refractivity contribution in [2.24, 2.45) is 28.6 Å². The van der Waals surface area contributed by atoms with Crippen LogP contribution in [-0.2, 0) is 14.4 Å². The van der Waals surface area contributed by atoms with Gasteiger partial charge in [-0.05, 0) is 56.3 Å². The molecule has 0 aliphatic heterocycles. The van der Waals surface area contributed by atoms with E-state index in [0.717, 1.165) is 5.57 Å². The third-order valence-electron chi connectivity index (χ3n) is 8.18. The molecule has 0 aromatic rings. The van der Waals surface area contributed by atoms with Crippen LogP contribution in [0.2, 0.25) is 0 Å². The van der Waals surface area contributed by atoms with Crippen LogP contribution in [0.15, 0.2) is 36.0 Å². The number of aliphatic hydroxyl groups is 1. The summed E-state index contributed by atoms with van der Waals surface area (Å²) in [5.41, 5.74) is -4.62. The van der Waals surface area contributed by atoms with Crippen LogP contribution < -0.4 is 0 Å². The number of alkyl halides is 1. The fourth-order valence-corrected chi connectivity index (χ4v) is 6.46. The van der Waals surface area contributed by atoms with Crippen LogP contribution in [0.5, 0.6) is 0 Å². The summed E-state index contributed by atoms with van der Waals surface area (Å²) >= 11 is 0. The van der Waals surface area contributed by atoms with E-state index in [0.29, 0.717) is 19.3 Å². The largest absolute Gasteiger partial charge is 0.380 e. The minimum absolute atomic E-state index is 0.116. The summed E-state index contributed by atoms with van der Waals surface area (Å²) in [6.45, 7) is 5.35. The highest BCUT2D eigenvalue weighted by molar-refractivity contribution is 6.29. The van der Waals surface area contributed by atoms with Gasteiger partial charge in [0.05, 0.1) is 0 Å². The number of ketones is 2. The van der Waals surface area contributed by atoms with Crippen LogP contribution in [0.4, 0.5) is 4.39 Å². The predicted octanol–water partition coefficient (Wildman–Crippen LogP) is 2.91. The number of aldehydes is 1. The van der Waals surface area contributed by atoms with Crippen molar-refractivity contribution in [3.8, 4) is 0 Å². The zero-order valence-electron chi connectivity index (χ0n) is 15.9. The Bertz CT molecular complexity index is 841. The molecule has 0 amide bonds. The van der Waals surface area contributed by atoms with Crippen LogP contribution in [0.25, 0.3) is 0 Å². The quantitative estimate of drug-likeness (QED) is 0.460. The molecule has 0 heterocycles. The van der Waals surface area contributed by atoms with Crippen molar-refractivity contribution in [3.63, 3.8) is 0 Å². The molecule has 0 spiro atoms. The first kappa shape index (κ1) is 18.5. The molecular formula is C22H25FO4.